The molecule has 0 radical (unpaired) electrons. The smallest absolute Gasteiger partial charge is 0.306 e. The van der Waals surface area contributed by atoms with Crippen LogP contribution in [0.15, 0.2) is 23.0 Å². The van der Waals surface area contributed by atoms with Gasteiger partial charge in [0.25, 0.3) is 5.97 Å². The number of esters is 2. The Morgan fingerprint density at radius 3 is 2.48 bits per heavy atom. The molecule has 7 aliphatic rings. The standard InChI is InChI=1S/C30H36O12/c1-14(31)38-20(15-6-9-37-12-15)23(2)7-8-27-25(4)16(10-18(32)33)24(3)13-28(25)29(36,21(24)35)22-30(27,17(23)11-19(34)39-22)42-26(5,40-27)41-28/h6,9,12,16-17,20-22,35-36H,7-8,10-11,13H2,1-5H3,(H,32,33). The molecule has 1 aromatic heterocycles. The van der Waals surface area contributed by atoms with Crippen molar-refractivity contribution in [1.29, 1.82) is 0 Å². The minimum Gasteiger partial charge on any atom is -0.481 e. The SMILES string of the molecule is CC(=O)OC(c1ccoc1)C1(C)CCC23OC4(C)OC25C1CC(=O)OC5C1(O)C(O)C2(C)CC1(O4)C3(C)C2CC(=O)O. The van der Waals surface area contributed by atoms with Crippen molar-refractivity contribution in [3.05, 3.63) is 24.2 Å². The molecule has 4 aliphatic carbocycles. The second-order valence-electron chi connectivity index (χ2n) is 14.6. The molecule has 0 aromatic carbocycles. The predicted octanol–water partition coefficient (Wildman–Crippen LogP) is 2.21. The van der Waals surface area contributed by atoms with E-state index >= 15 is 0 Å². The van der Waals surface area contributed by atoms with Crippen LogP contribution in [0.3, 0.4) is 0 Å². The number of carbonyl (C=O) groups excluding carboxylic acids is 2. The summed E-state index contributed by atoms with van der Waals surface area (Å²) in [4.78, 5) is 38.4. The molecule has 3 saturated heterocycles. The van der Waals surface area contributed by atoms with E-state index in [2.05, 4.69) is 0 Å². The lowest BCUT2D eigenvalue weighted by atomic mass is 9.33. The van der Waals surface area contributed by atoms with Crippen LogP contribution in [0.5, 0.6) is 0 Å². The van der Waals surface area contributed by atoms with Crippen molar-refractivity contribution in [2.75, 3.05) is 0 Å². The number of aliphatic carboxylic acids is 1. The Kier molecular flexibility index (Phi) is 4.66. The number of hydrogen-bond donors (Lipinski definition) is 3. The molecule has 4 bridgehead atoms. The van der Waals surface area contributed by atoms with Gasteiger partial charge in [-0.2, -0.15) is 0 Å². The fourth-order valence-electron chi connectivity index (χ4n) is 12.0. The lowest BCUT2D eigenvalue weighted by Gasteiger charge is -2.77. The molecule has 3 spiro atoms. The molecule has 4 heterocycles. The van der Waals surface area contributed by atoms with Gasteiger partial charge in [-0.05, 0) is 31.2 Å². The highest BCUT2D eigenvalue weighted by molar-refractivity contribution is 5.74. The number of furan rings is 1. The summed E-state index contributed by atoms with van der Waals surface area (Å²) >= 11 is 0. The first-order chi connectivity index (χ1) is 19.5. The number of aliphatic hydroxyl groups is 2. The molecule has 228 valence electrons. The van der Waals surface area contributed by atoms with E-state index in [4.69, 9.17) is 28.1 Å². The van der Waals surface area contributed by atoms with Gasteiger partial charge in [-0.1, -0.05) is 20.8 Å². The van der Waals surface area contributed by atoms with Gasteiger partial charge in [0.15, 0.2) is 11.7 Å². The normalized spacial score (nSPS) is 56.6. The molecular weight excluding hydrogens is 552 g/mol. The summed E-state index contributed by atoms with van der Waals surface area (Å²) in [6, 6.07) is 1.70. The van der Waals surface area contributed by atoms with Gasteiger partial charge in [0.05, 0.1) is 25.1 Å². The molecule has 3 N–H and O–H groups in total. The minimum absolute atomic E-state index is 0.132. The quantitative estimate of drug-likeness (QED) is 0.429. The van der Waals surface area contributed by atoms with Crippen molar-refractivity contribution in [3.63, 3.8) is 0 Å². The topological polar surface area (TPSA) is 171 Å². The monoisotopic (exact) mass is 588 g/mol. The van der Waals surface area contributed by atoms with E-state index in [0.717, 1.165) is 0 Å². The number of rotatable bonds is 5. The van der Waals surface area contributed by atoms with E-state index in [-0.39, 0.29) is 19.3 Å². The highest BCUT2D eigenvalue weighted by Gasteiger charge is 3.03. The van der Waals surface area contributed by atoms with Crippen LogP contribution in [-0.4, -0.2) is 73.8 Å². The maximum Gasteiger partial charge on any atom is 0.306 e. The summed E-state index contributed by atoms with van der Waals surface area (Å²) < 4.78 is 38.0. The van der Waals surface area contributed by atoms with Gasteiger partial charge in [0.1, 0.15) is 22.9 Å². The minimum atomic E-state index is -2.14. The summed E-state index contributed by atoms with van der Waals surface area (Å²) in [7, 11) is 0. The Balaban J connectivity index is 1.43. The molecule has 13 atom stereocenters. The van der Waals surface area contributed by atoms with E-state index in [9.17, 15) is 29.7 Å². The van der Waals surface area contributed by atoms with Crippen molar-refractivity contribution < 1.29 is 57.8 Å². The second-order valence-corrected chi connectivity index (χ2v) is 14.6. The number of carbonyl (C=O) groups is 3. The molecule has 12 heteroatoms. The van der Waals surface area contributed by atoms with Gasteiger partial charge in [-0.15, -0.1) is 0 Å². The number of carboxylic acid groups (broad SMARTS) is 1. The first kappa shape index (κ1) is 27.1. The molecule has 3 aliphatic heterocycles. The average molecular weight is 589 g/mol. The molecule has 8 rings (SSSR count). The third-order valence-corrected chi connectivity index (χ3v) is 13.0. The Hall–Kier alpha value is -2.51. The number of aliphatic hydroxyl groups excluding tert-OH is 1. The van der Waals surface area contributed by atoms with Crippen molar-refractivity contribution >= 4 is 17.9 Å². The van der Waals surface area contributed by atoms with Crippen LogP contribution >= 0.6 is 0 Å². The fraction of sp³-hybridized carbons (Fsp3) is 0.767. The summed E-state index contributed by atoms with van der Waals surface area (Å²) in [5, 5.41) is 35.1. The molecule has 7 fully saturated rings. The lowest BCUT2D eigenvalue weighted by Crippen LogP contribution is -2.94. The van der Waals surface area contributed by atoms with E-state index in [0.29, 0.717) is 18.4 Å². The molecule has 13 unspecified atom stereocenters. The Labute approximate surface area is 241 Å². The predicted molar refractivity (Wildman–Crippen MR) is 136 cm³/mol. The van der Waals surface area contributed by atoms with Gasteiger partial charge in [0, 0.05) is 48.0 Å². The van der Waals surface area contributed by atoms with Crippen LogP contribution < -0.4 is 0 Å². The van der Waals surface area contributed by atoms with Gasteiger partial charge < -0.3 is 43.4 Å². The van der Waals surface area contributed by atoms with Crippen LogP contribution in [0.4, 0.5) is 0 Å². The van der Waals surface area contributed by atoms with Crippen LogP contribution in [0.2, 0.25) is 0 Å². The van der Waals surface area contributed by atoms with Crippen molar-refractivity contribution in [2.24, 2.45) is 28.1 Å². The first-order valence-electron chi connectivity index (χ1n) is 14.6. The van der Waals surface area contributed by atoms with E-state index in [1.54, 1.807) is 19.9 Å². The zero-order valence-corrected chi connectivity index (χ0v) is 24.2. The Morgan fingerprint density at radius 1 is 1.12 bits per heavy atom. The summed E-state index contributed by atoms with van der Waals surface area (Å²) in [5.41, 5.74) is -9.19. The summed E-state index contributed by atoms with van der Waals surface area (Å²) in [6.45, 7) is 8.53. The van der Waals surface area contributed by atoms with Crippen LogP contribution in [-0.2, 0) is 38.1 Å². The Morgan fingerprint density at radius 2 is 1.83 bits per heavy atom. The number of hydrogen-bond acceptors (Lipinski definition) is 11. The lowest BCUT2D eigenvalue weighted by molar-refractivity contribution is -0.479. The van der Waals surface area contributed by atoms with Gasteiger partial charge >= 0.3 is 17.9 Å². The molecule has 4 saturated carbocycles. The molecule has 12 nitrogen and oxygen atoms in total. The highest BCUT2D eigenvalue weighted by atomic mass is 16.9. The zero-order valence-electron chi connectivity index (χ0n) is 24.2. The maximum atomic E-state index is 13.6. The molecular formula is C30H36O12. The largest absolute Gasteiger partial charge is 0.481 e. The third-order valence-electron chi connectivity index (χ3n) is 13.0. The van der Waals surface area contributed by atoms with E-state index < -0.39 is 92.7 Å². The van der Waals surface area contributed by atoms with Crippen molar-refractivity contribution in [3.8, 4) is 0 Å². The highest BCUT2D eigenvalue weighted by Crippen LogP contribution is 2.89. The van der Waals surface area contributed by atoms with Crippen molar-refractivity contribution in [2.45, 2.75) is 113 Å². The second kappa shape index (κ2) is 7.23. The van der Waals surface area contributed by atoms with Crippen LogP contribution in [0.25, 0.3) is 0 Å². The van der Waals surface area contributed by atoms with Crippen LogP contribution in [0, 0.1) is 28.1 Å². The van der Waals surface area contributed by atoms with E-state index in [1.165, 1.54) is 19.5 Å². The summed E-state index contributed by atoms with van der Waals surface area (Å²) in [5.74, 6) is -5.30. The number of carboxylic acids is 1. The summed E-state index contributed by atoms with van der Waals surface area (Å²) in [6.07, 6.45) is -0.401. The number of ether oxygens (including phenoxy) is 5. The van der Waals surface area contributed by atoms with Gasteiger partial charge in [0.2, 0.25) is 0 Å². The third kappa shape index (κ3) is 2.36. The van der Waals surface area contributed by atoms with Gasteiger partial charge in [-0.25, -0.2) is 0 Å². The zero-order chi connectivity index (χ0) is 30.1. The van der Waals surface area contributed by atoms with E-state index in [1.807, 2.05) is 13.8 Å². The van der Waals surface area contributed by atoms with Crippen LogP contribution in [0.1, 0.15) is 78.4 Å². The first-order valence-corrected chi connectivity index (χ1v) is 14.6. The molecule has 0 amide bonds. The Bertz CT molecular complexity index is 1440. The average Bonchev–Trinajstić information content (AvgIpc) is 3.58. The number of fused-ring (bicyclic) bond motifs is 3. The maximum absolute atomic E-state index is 13.6. The molecule has 42 heavy (non-hydrogen) atoms. The fourth-order valence-corrected chi connectivity index (χ4v) is 12.0. The van der Waals surface area contributed by atoms with Crippen molar-refractivity contribution in [1.82, 2.24) is 0 Å². The van der Waals surface area contributed by atoms with Gasteiger partial charge in [-0.3, -0.25) is 14.4 Å². The molecule has 1 aromatic rings.